The lowest BCUT2D eigenvalue weighted by molar-refractivity contribution is 0.0993. The van der Waals surface area contributed by atoms with Crippen LogP contribution >= 0.6 is 11.6 Å². The molecule has 0 aliphatic carbocycles. The van der Waals surface area contributed by atoms with Crippen LogP contribution in [0.15, 0.2) is 42.5 Å². The van der Waals surface area contributed by atoms with Crippen molar-refractivity contribution in [3.63, 3.8) is 0 Å². The molecule has 1 amide bonds. The molecule has 0 fully saturated rings. The molecule has 0 spiro atoms. The monoisotopic (exact) mass is 273 g/mol. The van der Waals surface area contributed by atoms with Gasteiger partial charge in [0.25, 0.3) is 5.91 Å². The van der Waals surface area contributed by atoms with Gasteiger partial charge < -0.3 is 4.90 Å². The van der Waals surface area contributed by atoms with Crippen molar-refractivity contribution in [2.75, 3.05) is 11.9 Å². The van der Waals surface area contributed by atoms with Crippen LogP contribution in [0.2, 0.25) is 5.02 Å². The molecule has 2 nitrogen and oxygen atoms in total. The fourth-order valence-electron chi connectivity index (χ4n) is 1.84. The summed E-state index contributed by atoms with van der Waals surface area (Å²) in [5, 5.41) is 0.630. The molecule has 0 aliphatic heterocycles. The summed E-state index contributed by atoms with van der Waals surface area (Å²) in [4.78, 5) is 14.0. The third kappa shape index (κ3) is 2.96. The molecule has 0 bridgehead atoms. The topological polar surface area (TPSA) is 20.3 Å². The average molecular weight is 274 g/mol. The van der Waals surface area contributed by atoms with Crippen LogP contribution in [0, 0.1) is 13.8 Å². The van der Waals surface area contributed by atoms with E-state index in [1.807, 2.05) is 25.1 Å². The lowest BCUT2D eigenvalue weighted by atomic mass is 10.1. The smallest absolute Gasteiger partial charge is 0.258 e. The van der Waals surface area contributed by atoms with Crippen LogP contribution in [0.3, 0.4) is 0 Å². The summed E-state index contributed by atoms with van der Waals surface area (Å²) in [6.07, 6.45) is 0. The van der Waals surface area contributed by atoms with E-state index < -0.39 is 0 Å². The van der Waals surface area contributed by atoms with Crippen LogP contribution in [-0.4, -0.2) is 13.0 Å². The third-order valence-electron chi connectivity index (χ3n) is 3.27. The maximum atomic E-state index is 12.3. The number of halogens is 1. The van der Waals surface area contributed by atoms with Gasteiger partial charge in [-0.1, -0.05) is 17.7 Å². The van der Waals surface area contributed by atoms with Gasteiger partial charge in [0.2, 0.25) is 0 Å². The first-order chi connectivity index (χ1) is 8.99. The van der Waals surface area contributed by atoms with E-state index in [1.54, 1.807) is 36.2 Å². The molecule has 98 valence electrons. The second-order valence-corrected chi connectivity index (χ2v) is 5.08. The maximum Gasteiger partial charge on any atom is 0.258 e. The molecule has 2 aromatic carbocycles. The molecule has 0 saturated heterocycles. The van der Waals surface area contributed by atoms with Gasteiger partial charge in [-0.2, -0.15) is 0 Å². The fraction of sp³-hybridized carbons (Fsp3) is 0.188. The van der Waals surface area contributed by atoms with Crippen molar-refractivity contribution in [1.82, 2.24) is 0 Å². The minimum Gasteiger partial charge on any atom is -0.311 e. The first kappa shape index (κ1) is 13.6. The van der Waals surface area contributed by atoms with Gasteiger partial charge in [0, 0.05) is 23.3 Å². The molecule has 19 heavy (non-hydrogen) atoms. The van der Waals surface area contributed by atoms with Gasteiger partial charge in [-0.3, -0.25) is 4.79 Å². The molecule has 0 radical (unpaired) electrons. The van der Waals surface area contributed by atoms with Crippen LogP contribution in [0.25, 0.3) is 0 Å². The summed E-state index contributed by atoms with van der Waals surface area (Å²) < 4.78 is 0. The molecule has 0 atom stereocenters. The Kier molecular flexibility index (Phi) is 3.91. The minimum absolute atomic E-state index is 0.0417. The third-order valence-corrected chi connectivity index (χ3v) is 3.53. The molecule has 2 aromatic rings. The Bertz CT molecular complexity index is 605. The van der Waals surface area contributed by atoms with Gasteiger partial charge >= 0.3 is 0 Å². The van der Waals surface area contributed by atoms with E-state index >= 15 is 0 Å². The molecule has 0 heterocycles. The van der Waals surface area contributed by atoms with Crippen LogP contribution < -0.4 is 4.90 Å². The van der Waals surface area contributed by atoms with Crippen molar-refractivity contribution >= 4 is 23.2 Å². The number of carbonyl (C=O) groups is 1. The molecule has 0 aromatic heterocycles. The largest absolute Gasteiger partial charge is 0.311 e. The van der Waals surface area contributed by atoms with Crippen molar-refractivity contribution < 1.29 is 4.79 Å². The Morgan fingerprint density at radius 1 is 1.00 bits per heavy atom. The number of amides is 1. The Balaban J connectivity index is 2.28. The number of hydrogen-bond acceptors (Lipinski definition) is 1. The Morgan fingerprint density at radius 2 is 1.63 bits per heavy atom. The summed E-state index contributed by atoms with van der Waals surface area (Å²) in [7, 11) is 1.78. The van der Waals surface area contributed by atoms with Crippen molar-refractivity contribution in [3.8, 4) is 0 Å². The van der Waals surface area contributed by atoms with E-state index in [2.05, 4.69) is 6.92 Å². The maximum absolute atomic E-state index is 12.3. The van der Waals surface area contributed by atoms with Crippen LogP contribution in [0.1, 0.15) is 21.5 Å². The van der Waals surface area contributed by atoms with Crippen molar-refractivity contribution in [3.05, 3.63) is 64.2 Å². The zero-order valence-corrected chi connectivity index (χ0v) is 12.0. The summed E-state index contributed by atoms with van der Waals surface area (Å²) >= 11 is 5.83. The Labute approximate surface area is 118 Å². The number of carbonyl (C=O) groups excluding carboxylic acids is 1. The number of nitrogens with zero attached hydrogens (tertiary/aromatic N) is 1. The molecule has 0 unspecified atom stereocenters. The van der Waals surface area contributed by atoms with Gasteiger partial charge in [0.1, 0.15) is 0 Å². The highest BCUT2D eigenvalue weighted by Crippen LogP contribution is 2.20. The zero-order valence-electron chi connectivity index (χ0n) is 11.3. The summed E-state index contributed by atoms with van der Waals surface area (Å²) in [6, 6.07) is 12.9. The Morgan fingerprint density at radius 3 is 2.21 bits per heavy atom. The first-order valence-corrected chi connectivity index (χ1v) is 6.47. The predicted molar refractivity (Wildman–Crippen MR) is 80.1 cm³/mol. The van der Waals surface area contributed by atoms with Gasteiger partial charge in [-0.25, -0.2) is 0 Å². The van der Waals surface area contributed by atoms with Crippen LogP contribution in [0.4, 0.5) is 5.69 Å². The lowest BCUT2D eigenvalue weighted by Gasteiger charge is -2.18. The zero-order chi connectivity index (χ0) is 14.0. The summed E-state index contributed by atoms with van der Waals surface area (Å²) in [5.74, 6) is -0.0417. The quantitative estimate of drug-likeness (QED) is 0.802. The highest BCUT2D eigenvalue weighted by atomic mass is 35.5. The van der Waals surface area contributed by atoms with E-state index in [1.165, 1.54) is 11.1 Å². The lowest BCUT2D eigenvalue weighted by Crippen LogP contribution is -2.26. The first-order valence-electron chi connectivity index (χ1n) is 6.10. The molecular formula is C16H16ClNO. The molecule has 2 rings (SSSR count). The highest BCUT2D eigenvalue weighted by Gasteiger charge is 2.13. The van der Waals surface area contributed by atoms with Crippen molar-refractivity contribution in [2.45, 2.75) is 13.8 Å². The van der Waals surface area contributed by atoms with E-state index in [9.17, 15) is 4.79 Å². The fourth-order valence-corrected chi connectivity index (χ4v) is 1.96. The molecule has 0 saturated carbocycles. The van der Waals surface area contributed by atoms with E-state index in [-0.39, 0.29) is 5.91 Å². The van der Waals surface area contributed by atoms with E-state index in [0.717, 1.165) is 5.69 Å². The van der Waals surface area contributed by atoms with E-state index in [0.29, 0.717) is 10.6 Å². The molecular weight excluding hydrogens is 258 g/mol. The predicted octanol–water partition coefficient (Wildman–Crippen LogP) is 4.23. The summed E-state index contributed by atoms with van der Waals surface area (Å²) in [6.45, 7) is 4.10. The van der Waals surface area contributed by atoms with E-state index in [4.69, 9.17) is 11.6 Å². The van der Waals surface area contributed by atoms with Gasteiger partial charge in [0.15, 0.2) is 0 Å². The number of hydrogen-bond donors (Lipinski definition) is 0. The number of anilines is 1. The number of aryl methyl sites for hydroxylation is 2. The second-order valence-electron chi connectivity index (χ2n) is 4.64. The highest BCUT2D eigenvalue weighted by molar-refractivity contribution is 6.30. The van der Waals surface area contributed by atoms with Crippen molar-refractivity contribution in [2.24, 2.45) is 0 Å². The summed E-state index contributed by atoms with van der Waals surface area (Å²) in [5.41, 5.74) is 3.91. The normalized spacial score (nSPS) is 10.3. The van der Waals surface area contributed by atoms with Gasteiger partial charge in [-0.05, 0) is 61.4 Å². The molecule has 0 N–H and O–H groups in total. The number of rotatable bonds is 2. The average Bonchev–Trinajstić information content (AvgIpc) is 2.41. The van der Waals surface area contributed by atoms with Gasteiger partial charge in [0.05, 0.1) is 0 Å². The molecule has 3 heteroatoms. The van der Waals surface area contributed by atoms with Crippen LogP contribution in [0.5, 0.6) is 0 Å². The second kappa shape index (κ2) is 5.45. The number of benzene rings is 2. The Hall–Kier alpha value is -1.80. The van der Waals surface area contributed by atoms with Gasteiger partial charge in [-0.15, -0.1) is 0 Å². The van der Waals surface area contributed by atoms with Crippen molar-refractivity contribution in [1.29, 1.82) is 0 Å². The SMILES string of the molecule is Cc1ccc(N(C)C(=O)c2ccc(Cl)cc2)cc1C. The molecule has 0 aliphatic rings. The minimum atomic E-state index is -0.0417. The van der Waals surface area contributed by atoms with Crippen LogP contribution in [-0.2, 0) is 0 Å². The standard InChI is InChI=1S/C16H16ClNO/c1-11-4-9-15(10-12(11)2)18(3)16(19)13-5-7-14(17)8-6-13/h4-10H,1-3H3.